The molecule has 0 radical (unpaired) electrons. The van der Waals surface area contributed by atoms with Gasteiger partial charge in [0.2, 0.25) is 5.13 Å². The zero-order chi connectivity index (χ0) is 14.4. The Hall–Kier alpha value is -1.46. The van der Waals surface area contributed by atoms with E-state index in [-0.39, 0.29) is 6.04 Å². The highest BCUT2D eigenvalue weighted by Gasteiger charge is 2.14. The van der Waals surface area contributed by atoms with Crippen LogP contribution in [0.15, 0.2) is 30.3 Å². The van der Waals surface area contributed by atoms with Crippen LogP contribution in [0.2, 0.25) is 0 Å². The van der Waals surface area contributed by atoms with Gasteiger partial charge in [0.1, 0.15) is 5.82 Å². The molecule has 4 nitrogen and oxygen atoms in total. The Morgan fingerprint density at radius 2 is 2.00 bits per heavy atom. The third kappa shape index (κ3) is 4.28. The molecule has 1 unspecified atom stereocenters. The van der Waals surface area contributed by atoms with Crippen LogP contribution in [-0.4, -0.2) is 23.1 Å². The van der Waals surface area contributed by atoms with Gasteiger partial charge in [0.25, 0.3) is 0 Å². The van der Waals surface area contributed by atoms with Crippen molar-refractivity contribution in [2.45, 2.75) is 26.3 Å². The van der Waals surface area contributed by atoms with Gasteiger partial charge in [-0.1, -0.05) is 44.2 Å². The Morgan fingerprint density at radius 3 is 2.65 bits per heavy atom. The first-order chi connectivity index (χ1) is 9.69. The number of methoxy groups -OCH3 is 1. The van der Waals surface area contributed by atoms with Gasteiger partial charge in [0.15, 0.2) is 0 Å². The summed E-state index contributed by atoms with van der Waals surface area (Å²) >= 11 is 1.41. The number of anilines is 1. The quantitative estimate of drug-likeness (QED) is 0.847. The summed E-state index contributed by atoms with van der Waals surface area (Å²) in [4.78, 5) is 4.54. The van der Waals surface area contributed by atoms with Gasteiger partial charge in [0, 0.05) is 25.1 Å². The molecule has 0 aliphatic rings. The maximum atomic E-state index is 5.30. The second kappa shape index (κ2) is 7.36. The topological polar surface area (TPSA) is 47.0 Å². The number of nitrogens with one attached hydrogen (secondary N) is 1. The average molecular weight is 291 g/mol. The van der Waals surface area contributed by atoms with E-state index in [1.54, 1.807) is 7.11 Å². The van der Waals surface area contributed by atoms with Gasteiger partial charge in [-0.15, -0.1) is 0 Å². The lowest BCUT2D eigenvalue weighted by Gasteiger charge is -2.17. The van der Waals surface area contributed by atoms with Crippen molar-refractivity contribution in [3.05, 3.63) is 41.7 Å². The van der Waals surface area contributed by atoms with Crippen molar-refractivity contribution in [3.63, 3.8) is 0 Å². The molecule has 0 aliphatic carbocycles. The molecule has 0 saturated heterocycles. The molecule has 20 heavy (non-hydrogen) atoms. The maximum Gasteiger partial charge on any atom is 0.203 e. The highest BCUT2D eigenvalue weighted by molar-refractivity contribution is 7.09. The smallest absolute Gasteiger partial charge is 0.203 e. The van der Waals surface area contributed by atoms with Crippen molar-refractivity contribution < 1.29 is 4.74 Å². The van der Waals surface area contributed by atoms with Gasteiger partial charge >= 0.3 is 0 Å². The van der Waals surface area contributed by atoms with Crippen molar-refractivity contribution in [2.75, 3.05) is 19.0 Å². The van der Waals surface area contributed by atoms with Gasteiger partial charge in [-0.25, -0.2) is 4.98 Å². The van der Waals surface area contributed by atoms with E-state index in [1.165, 1.54) is 17.1 Å². The van der Waals surface area contributed by atoms with E-state index in [0.717, 1.165) is 17.4 Å². The predicted octanol–water partition coefficient (Wildman–Crippen LogP) is 3.54. The van der Waals surface area contributed by atoms with E-state index in [1.807, 2.05) is 18.2 Å². The minimum atomic E-state index is 0.0982. The van der Waals surface area contributed by atoms with Crippen LogP contribution in [0.25, 0.3) is 0 Å². The van der Waals surface area contributed by atoms with Crippen molar-refractivity contribution in [1.29, 1.82) is 0 Å². The van der Waals surface area contributed by atoms with E-state index in [9.17, 15) is 0 Å². The van der Waals surface area contributed by atoms with Gasteiger partial charge in [-0.3, -0.25) is 0 Å². The van der Waals surface area contributed by atoms with Crippen molar-refractivity contribution in [2.24, 2.45) is 5.92 Å². The van der Waals surface area contributed by atoms with Crippen molar-refractivity contribution >= 4 is 16.7 Å². The molecule has 108 valence electrons. The van der Waals surface area contributed by atoms with Crippen LogP contribution in [0.4, 0.5) is 5.13 Å². The zero-order valence-corrected chi connectivity index (χ0v) is 13.0. The second-order valence-electron chi connectivity index (χ2n) is 5.18. The van der Waals surface area contributed by atoms with Crippen LogP contribution in [0.3, 0.4) is 0 Å². The monoisotopic (exact) mass is 291 g/mol. The fraction of sp³-hybridized carbons (Fsp3) is 0.467. The first kappa shape index (κ1) is 14.9. The number of aromatic nitrogens is 2. The van der Waals surface area contributed by atoms with E-state index >= 15 is 0 Å². The van der Waals surface area contributed by atoms with Crippen LogP contribution >= 0.6 is 11.5 Å². The SMILES string of the molecule is COCC(Nc1nc(CC(C)C)ns1)c1ccccc1. The lowest BCUT2D eigenvalue weighted by Crippen LogP contribution is -2.16. The molecule has 2 aromatic rings. The Morgan fingerprint density at radius 1 is 1.25 bits per heavy atom. The summed E-state index contributed by atoms with van der Waals surface area (Å²) < 4.78 is 9.69. The number of hydrogen-bond donors (Lipinski definition) is 1. The van der Waals surface area contributed by atoms with Crippen LogP contribution in [0.1, 0.15) is 31.3 Å². The summed E-state index contributed by atoms with van der Waals surface area (Å²) in [6.07, 6.45) is 0.915. The normalized spacial score (nSPS) is 12.6. The van der Waals surface area contributed by atoms with Gasteiger partial charge in [0.05, 0.1) is 12.6 Å². The van der Waals surface area contributed by atoms with Gasteiger partial charge in [-0.05, 0) is 11.5 Å². The Balaban J connectivity index is 2.06. The lowest BCUT2D eigenvalue weighted by molar-refractivity contribution is 0.186. The molecule has 5 heteroatoms. The molecule has 1 aromatic carbocycles. The molecule has 1 N–H and O–H groups in total. The van der Waals surface area contributed by atoms with Crippen molar-refractivity contribution in [3.8, 4) is 0 Å². The maximum absolute atomic E-state index is 5.30. The van der Waals surface area contributed by atoms with Gasteiger partial charge < -0.3 is 10.1 Å². The molecular formula is C15H21N3OS. The van der Waals surface area contributed by atoms with Crippen LogP contribution in [0.5, 0.6) is 0 Å². The Kier molecular flexibility index (Phi) is 5.49. The molecule has 1 aromatic heterocycles. The second-order valence-corrected chi connectivity index (χ2v) is 5.93. The molecule has 0 amide bonds. The Bertz CT molecular complexity index is 513. The summed E-state index contributed by atoms with van der Waals surface area (Å²) in [5.74, 6) is 1.48. The molecule has 0 fully saturated rings. The highest BCUT2D eigenvalue weighted by atomic mass is 32.1. The first-order valence-corrected chi connectivity index (χ1v) is 7.59. The van der Waals surface area contributed by atoms with E-state index < -0.39 is 0 Å². The van der Waals surface area contributed by atoms with E-state index in [0.29, 0.717) is 12.5 Å². The summed E-state index contributed by atoms with van der Waals surface area (Å²) in [5, 5.41) is 4.26. The number of hydrogen-bond acceptors (Lipinski definition) is 5. The van der Waals surface area contributed by atoms with Gasteiger partial charge in [-0.2, -0.15) is 4.37 Å². The zero-order valence-electron chi connectivity index (χ0n) is 12.2. The summed E-state index contributed by atoms with van der Waals surface area (Å²) in [5.41, 5.74) is 1.19. The van der Waals surface area contributed by atoms with Crippen LogP contribution in [-0.2, 0) is 11.2 Å². The van der Waals surface area contributed by atoms with Crippen LogP contribution in [0, 0.1) is 5.92 Å². The number of ether oxygens (including phenoxy) is 1. The Labute approximate surface area is 124 Å². The fourth-order valence-corrected chi connectivity index (χ4v) is 2.63. The summed E-state index contributed by atoms with van der Waals surface area (Å²) in [7, 11) is 1.71. The minimum Gasteiger partial charge on any atom is -0.382 e. The van der Waals surface area contributed by atoms with E-state index in [2.05, 4.69) is 40.7 Å². The van der Waals surface area contributed by atoms with E-state index in [4.69, 9.17) is 4.74 Å². The molecular weight excluding hydrogens is 270 g/mol. The number of benzene rings is 1. The first-order valence-electron chi connectivity index (χ1n) is 6.82. The largest absolute Gasteiger partial charge is 0.382 e. The highest BCUT2D eigenvalue weighted by Crippen LogP contribution is 2.22. The predicted molar refractivity (Wildman–Crippen MR) is 83.1 cm³/mol. The molecule has 0 aliphatic heterocycles. The minimum absolute atomic E-state index is 0.0982. The number of nitrogens with zero attached hydrogens (tertiary/aromatic N) is 2. The third-order valence-corrected chi connectivity index (χ3v) is 3.58. The molecule has 1 atom stereocenters. The molecule has 0 saturated carbocycles. The fourth-order valence-electron chi connectivity index (χ4n) is 1.98. The standard InChI is InChI=1S/C15H21N3OS/c1-11(2)9-14-17-15(20-18-14)16-13(10-19-3)12-7-5-4-6-8-12/h4-8,11,13H,9-10H2,1-3H3,(H,16,17,18). The van der Waals surface area contributed by atoms with Crippen molar-refractivity contribution in [1.82, 2.24) is 9.36 Å². The summed E-state index contributed by atoms with van der Waals surface area (Å²) in [6.45, 7) is 4.95. The lowest BCUT2D eigenvalue weighted by atomic mass is 10.1. The molecule has 1 heterocycles. The molecule has 0 bridgehead atoms. The third-order valence-electron chi connectivity index (χ3n) is 2.89. The summed E-state index contributed by atoms with van der Waals surface area (Å²) in [6, 6.07) is 10.4. The number of rotatable bonds is 7. The molecule has 2 rings (SSSR count). The average Bonchev–Trinajstić information content (AvgIpc) is 2.86. The van der Waals surface area contributed by atoms with Crippen LogP contribution < -0.4 is 5.32 Å². The molecule has 0 spiro atoms.